The van der Waals surface area contributed by atoms with Crippen molar-refractivity contribution in [3.05, 3.63) is 75.6 Å². The molecular formula is C37H41FN8O6. The van der Waals surface area contributed by atoms with Crippen molar-refractivity contribution >= 4 is 39.9 Å². The Bertz CT molecular complexity index is 2140. The molecule has 15 heteroatoms. The number of nitrogens with zero attached hydrogens (tertiary/aromatic N) is 8. The number of halogens is 1. The lowest BCUT2D eigenvalue weighted by Gasteiger charge is -2.36. The summed E-state index contributed by atoms with van der Waals surface area (Å²) in [5.41, 5.74) is 2.41. The largest absolute Gasteiger partial charge is 0.492 e. The first kappa shape index (κ1) is 33.8. The zero-order chi connectivity index (χ0) is 36.1. The van der Waals surface area contributed by atoms with Crippen molar-refractivity contribution in [1.29, 1.82) is 0 Å². The van der Waals surface area contributed by atoms with Crippen molar-refractivity contribution in [2.75, 3.05) is 49.7 Å². The van der Waals surface area contributed by atoms with Crippen LogP contribution in [0.4, 0.5) is 15.8 Å². The van der Waals surface area contributed by atoms with Crippen molar-refractivity contribution in [3.63, 3.8) is 0 Å². The maximum Gasteiger partial charge on any atom is 0.341 e. The molecule has 4 aliphatic rings. The zero-order valence-corrected chi connectivity index (χ0v) is 29.2. The number of hydrogen-bond acceptors (Lipinski definition) is 10. The molecule has 0 unspecified atom stereocenters. The third-order valence-electron chi connectivity index (χ3n) is 10.7. The number of pyridine rings is 1. The van der Waals surface area contributed by atoms with E-state index >= 15 is 4.39 Å². The number of ether oxygens (including phenoxy) is 1. The van der Waals surface area contributed by atoms with Gasteiger partial charge in [-0.1, -0.05) is 28.6 Å². The van der Waals surface area contributed by atoms with Gasteiger partial charge in [-0.25, -0.2) is 9.18 Å². The molecule has 3 fully saturated rings. The van der Waals surface area contributed by atoms with Crippen molar-refractivity contribution in [1.82, 2.24) is 24.5 Å². The topological polar surface area (TPSA) is 148 Å². The molecule has 0 bridgehead atoms. The number of oxime groups is 1. The first-order valence-corrected chi connectivity index (χ1v) is 17.9. The summed E-state index contributed by atoms with van der Waals surface area (Å²) in [7, 11) is 1.47. The number of anilines is 2. The molecule has 2 aromatic heterocycles. The second-order valence-corrected chi connectivity index (χ2v) is 14.0. The van der Waals surface area contributed by atoms with Crippen molar-refractivity contribution < 1.29 is 28.7 Å². The number of carbonyl (C=O) groups excluding carboxylic acids is 1. The summed E-state index contributed by atoms with van der Waals surface area (Å²) < 4.78 is 25.5. The molecule has 2 aromatic carbocycles. The fourth-order valence-corrected chi connectivity index (χ4v) is 8.20. The van der Waals surface area contributed by atoms with Gasteiger partial charge in [0.05, 0.1) is 29.4 Å². The normalized spacial score (nSPS) is 20.9. The highest BCUT2D eigenvalue weighted by atomic mass is 19.1. The van der Waals surface area contributed by atoms with Gasteiger partial charge in [0.1, 0.15) is 17.9 Å². The predicted molar refractivity (Wildman–Crippen MR) is 191 cm³/mol. The standard InChI is InChI=1S/C37H41FN8O6/c1-3-52-40-31-25-9-4-5-10-29(25)45(36(31)48)15-7-14-44-19-23(39-41-44)18-42-13-6-8-22-17-43(21-30(22)42)33-28(38)16-26-32(35(33)51-2)46(24-11-12-24)20-27(34(26)47)37(49)50/h4-5,9-10,16,19-20,22,24,30H,3,6-8,11-15,17-18,21H2,1-2H3,(H,49,50)/b40-31+/t22-,30+/m1/s1. The molecule has 0 radical (unpaired) electrons. The molecule has 1 aliphatic carbocycles. The highest BCUT2D eigenvalue weighted by molar-refractivity contribution is 6.54. The Morgan fingerprint density at radius 3 is 2.71 bits per heavy atom. The highest BCUT2D eigenvalue weighted by Crippen LogP contribution is 2.45. The van der Waals surface area contributed by atoms with E-state index in [0.717, 1.165) is 49.2 Å². The van der Waals surface area contributed by atoms with Crippen LogP contribution >= 0.6 is 0 Å². The summed E-state index contributed by atoms with van der Waals surface area (Å²) in [5.74, 6) is -1.55. The lowest BCUT2D eigenvalue weighted by atomic mass is 9.92. The Hall–Kier alpha value is -5.31. The van der Waals surface area contributed by atoms with Crippen LogP contribution in [0.2, 0.25) is 0 Å². The third kappa shape index (κ3) is 5.95. The highest BCUT2D eigenvalue weighted by Gasteiger charge is 2.42. The number of aryl methyl sites for hydroxylation is 1. The molecule has 4 aromatic rings. The lowest BCUT2D eigenvalue weighted by molar-refractivity contribution is -0.112. The summed E-state index contributed by atoms with van der Waals surface area (Å²) in [6.07, 6.45) is 7.70. The van der Waals surface area contributed by atoms with Crippen molar-refractivity contribution in [3.8, 4) is 5.75 Å². The number of methoxy groups -OCH3 is 1. The number of aromatic nitrogens is 4. The number of para-hydroxylation sites is 1. The molecule has 2 saturated heterocycles. The Balaban J connectivity index is 0.964. The van der Waals surface area contributed by atoms with E-state index in [9.17, 15) is 19.5 Å². The molecule has 14 nitrogen and oxygen atoms in total. The number of carbonyl (C=O) groups is 2. The molecule has 1 saturated carbocycles. The van der Waals surface area contributed by atoms with E-state index in [0.29, 0.717) is 68.6 Å². The number of carboxylic acids is 1. The molecule has 52 heavy (non-hydrogen) atoms. The summed E-state index contributed by atoms with van der Waals surface area (Å²) >= 11 is 0. The summed E-state index contributed by atoms with van der Waals surface area (Å²) in [4.78, 5) is 49.6. The molecule has 0 spiro atoms. The number of rotatable bonds is 12. The number of carboxylic acid groups (broad SMARTS) is 1. The summed E-state index contributed by atoms with van der Waals surface area (Å²) in [6, 6.07) is 8.95. The first-order valence-electron chi connectivity index (χ1n) is 17.9. The van der Waals surface area contributed by atoms with Crippen LogP contribution < -0.4 is 20.0 Å². The van der Waals surface area contributed by atoms with Gasteiger partial charge >= 0.3 is 5.97 Å². The fourth-order valence-electron chi connectivity index (χ4n) is 8.20. The van der Waals surface area contributed by atoms with E-state index in [-0.39, 0.29) is 34.7 Å². The maximum atomic E-state index is 16.1. The maximum absolute atomic E-state index is 16.1. The van der Waals surface area contributed by atoms with E-state index in [1.165, 1.54) is 19.4 Å². The van der Waals surface area contributed by atoms with Gasteiger partial charge in [0.25, 0.3) is 5.91 Å². The summed E-state index contributed by atoms with van der Waals surface area (Å²) in [5, 5.41) is 22.6. The quantitative estimate of drug-likeness (QED) is 0.214. The Kier molecular flexibility index (Phi) is 8.89. The Labute approximate surface area is 299 Å². The van der Waals surface area contributed by atoms with Crippen LogP contribution in [0.25, 0.3) is 10.9 Å². The van der Waals surface area contributed by atoms with Gasteiger partial charge in [-0.05, 0) is 63.6 Å². The van der Waals surface area contributed by atoms with Gasteiger partial charge in [-0.2, -0.15) is 0 Å². The average Bonchev–Trinajstić information content (AvgIpc) is 3.63. The van der Waals surface area contributed by atoms with E-state index in [4.69, 9.17) is 9.57 Å². The lowest BCUT2D eigenvalue weighted by Crippen LogP contribution is -2.44. The van der Waals surface area contributed by atoms with Gasteiger partial charge in [0.15, 0.2) is 17.3 Å². The van der Waals surface area contributed by atoms with E-state index in [1.54, 1.807) is 9.47 Å². The average molecular weight is 713 g/mol. The van der Waals surface area contributed by atoms with Gasteiger partial charge in [0, 0.05) is 62.8 Å². The number of fused-ring (bicyclic) bond motifs is 3. The van der Waals surface area contributed by atoms with Crippen LogP contribution in [0.15, 0.2) is 52.7 Å². The monoisotopic (exact) mass is 712 g/mol. The van der Waals surface area contributed by atoms with Crippen LogP contribution in [0.1, 0.15) is 66.7 Å². The van der Waals surface area contributed by atoms with E-state index in [1.807, 2.05) is 47.0 Å². The minimum atomic E-state index is -1.33. The number of aromatic carboxylic acids is 1. The predicted octanol–water partition coefficient (Wildman–Crippen LogP) is 4.05. The number of benzene rings is 2. The molecule has 5 heterocycles. The molecule has 2 atom stereocenters. The second kappa shape index (κ2) is 13.7. The van der Waals surface area contributed by atoms with Gasteiger partial charge < -0.3 is 29.0 Å². The van der Waals surface area contributed by atoms with Crippen molar-refractivity contribution in [2.24, 2.45) is 11.1 Å². The number of amides is 1. The molecule has 1 N–H and O–H groups in total. The molecule has 272 valence electrons. The van der Waals surface area contributed by atoms with Crippen LogP contribution in [-0.4, -0.2) is 93.1 Å². The second-order valence-electron chi connectivity index (χ2n) is 14.0. The van der Waals surface area contributed by atoms with Gasteiger partial charge in [-0.3, -0.25) is 19.2 Å². The molecule has 8 rings (SSSR count). The van der Waals surface area contributed by atoms with Crippen LogP contribution in [0, 0.1) is 11.7 Å². The zero-order valence-electron chi connectivity index (χ0n) is 29.2. The minimum Gasteiger partial charge on any atom is -0.492 e. The van der Waals surface area contributed by atoms with Crippen LogP contribution in [0.3, 0.4) is 0 Å². The third-order valence-corrected chi connectivity index (χ3v) is 10.7. The fraction of sp³-hybridized carbons (Fsp3) is 0.459. The van der Waals surface area contributed by atoms with Crippen LogP contribution in [0.5, 0.6) is 5.75 Å². The molecule has 3 aliphatic heterocycles. The van der Waals surface area contributed by atoms with Crippen LogP contribution in [-0.2, 0) is 22.7 Å². The number of piperidine rings is 1. The SMILES string of the molecule is CCO/N=C1/C(=O)N(CCCn2cc(CN3CCC[C@@H]4CN(c5c(F)cc6c(=O)c(C(=O)O)cn(C7CC7)c6c5OC)C[C@@H]43)nn2)c2ccccc21. The Morgan fingerprint density at radius 2 is 1.94 bits per heavy atom. The van der Waals surface area contributed by atoms with Crippen molar-refractivity contribution in [2.45, 2.75) is 64.2 Å². The first-order chi connectivity index (χ1) is 25.3. The summed E-state index contributed by atoms with van der Waals surface area (Å²) in [6.45, 7) is 5.95. The van der Waals surface area contributed by atoms with E-state index in [2.05, 4.69) is 20.4 Å². The van der Waals surface area contributed by atoms with E-state index < -0.39 is 17.2 Å². The minimum absolute atomic E-state index is 0.0169. The smallest absolute Gasteiger partial charge is 0.341 e. The van der Waals surface area contributed by atoms with Gasteiger partial charge in [0.2, 0.25) is 5.43 Å². The Morgan fingerprint density at radius 1 is 1.12 bits per heavy atom. The molecular weight excluding hydrogens is 671 g/mol. The number of likely N-dealkylation sites (tertiary alicyclic amines) is 1. The molecule has 1 amide bonds. The van der Waals surface area contributed by atoms with Gasteiger partial charge in [-0.15, -0.1) is 5.10 Å². The number of hydrogen-bond donors (Lipinski definition) is 1.